The number of carbonyl (C=O) groups excluding carboxylic acids is 1. The monoisotopic (exact) mass is 497 g/mol. The second-order valence-electron chi connectivity index (χ2n) is 8.30. The molecule has 0 radical (unpaired) electrons. The highest BCUT2D eigenvalue weighted by molar-refractivity contribution is 7.17. The van der Waals surface area contributed by atoms with Crippen LogP contribution in [-0.2, 0) is 18.7 Å². The van der Waals surface area contributed by atoms with Crippen molar-refractivity contribution in [2.24, 2.45) is 0 Å². The second-order valence-corrected chi connectivity index (χ2v) is 9.36. The van der Waals surface area contributed by atoms with Crippen LogP contribution >= 0.6 is 11.3 Å². The summed E-state index contributed by atoms with van der Waals surface area (Å²) in [4.78, 5) is 24.4. The number of rotatable bonds is 7. The maximum Gasteiger partial charge on any atom is 0.264 e. The van der Waals surface area contributed by atoms with Crippen LogP contribution in [0.25, 0.3) is 10.4 Å². The highest BCUT2D eigenvalue weighted by Crippen LogP contribution is 2.41. The molecule has 2 atom stereocenters. The molecule has 0 spiro atoms. The van der Waals surface area contributed by atoms with E-state index in [1.165, 1.54) is 46.7 Å². The van der Waals surface area contributed by atoms with Crippen LogP contribution in [0.1, 0.15) is 27.7 Å². The first-order chi connectivity index (χ1) is 16.8. The highest BCUT2D eigenvalue weighted by Gasteiger charge is 2.46. The average molecular weight is 498 g/mol. The van der Waals surface area contributed by atoms with Gasteiger partial charge in [0.2, 0.25) is 5.88 Å². The van der Waals surface area contributed by atoms with E-state index in [9.17, 15) is 18.7 Å². The number of methoxy groups -OCH3 is 1. The van der Waals surface area contributed by atoms with Gasteiger partial charge in [-0.15, -0.1) is 11.3 Å². The fourth-order valence-electron chi connectivity index (χ4n) is 4.32. The first-order valence-electron chi connectivity index (χ1n) is 10.7. The molecule has 4 aromatic rings. The number of halogens is 2. The molecule has 1 aliphatic heterocycles. The van der Waals surface area contributed by atoms with E-state index in [-0.39, 0.29) is 24.6 Å². The number of nitrogens with zero attached hydrogens (tertiary/aromatic N) is 5. The second kappa shape index (κ2) is 8.82. The maximum absolute atomic E-state index is 14.9. The van der Waals surface area contributed by atoms with E-state index in [2.05, 4.69) is 15.1 Å². The van der Waals surface area contributed by atoms with Crippen LogP contribution in [0.2, 0.25) is 0 Å². The molecule has 5 rings (SSSR count). The van der Waals surface area contributed by atoms with Crippen molar-refractivity contribution in [2.75, 3.05) is 7.11 Å². The van der Waals surface area contributed by atoms with E-state index in [1.54, 1.807) is 19.2 Å². The Kier molecular flexibility index (Phi) is 5.81. The van der Waals surface area contributed by atoms with Gasteiger partial charge >= 0.3 is 0 Å². The molecule has 11 heteroatoms. The van der Waals surface area contributed by atoms with Crippen molar-refractivity contribution < 1.29 is 23.4 Å². The van der Waals surface area contributed by atoms with Gasteiger partial charge in [0.1, 0.15) is 29.9 Å². The number of aromatic nitrogens is 4. The third-order valence-electron chi connectivity index (χ3n) is 6.26. The smallest absolute Gasteiger partial charge is 0.264 e. The number of hydrogen-bond donors (Lipinski definition) is 1. The summed E-state index contributed by atoms with van der Waals surface area (Å²) < 4.78 is 34.9. The lowest BCUT2D eigenvalue weighted by Crippen LogP contribution is -2.52. The van der Waals surface area contributed by atoms with E-state index >= 15 is 0 Å². The topological polar surface area (TPSA) is 93.4 Å². The minimum Gasteiger partial charge on any atom is -0.481 e. The quantitative estimate of drug-likeness (QED) is 0.419. The molecule has 0 saturated carbocycles. The van der Waals surface area contributed by atoms with Crippen LogP contribution in [-0.4, -0.2) is 48.8 Å². The van der Waals surface area contributed by atoms with Crippen molar-refractivity contribution >= 4 is 17.2 Å². The Morgan fingerprint density at radius 2 is 2.09 bits per heavy atom. The van der Waals surface area contributed by atoms with Crippen molar-refractivity contribution in [3.63, 3.8) is 0 Å². The lowest BCUT2D eigenvalue weighted by molar-refractivity contribution is -0.0556. The van der Waals surface area contributed by atoms with Gasteiger partial charge in [-0.25, -0.2) is 23.4 Å². The fraction of sp³-hybridized carbons (Fsp3) is 0.250. The molecule has 0 bridgehead atoms. The van der Waals surface area contributed by atoms with Gasteiger partial charge in [-0.05, 0) is 30.7 Å². The van der Waals surface area contributed by atoms with E-state index in [0.717, 1.165) is 22.1 Å². The predicted octanol–water partition coefficient (Wildman–Crippen LogP) is 3.62. The largest absolute Gasteiger partial charge is 0.481 e. The van der Waals surface area contributed by atoms with Crippen LogP contribution in [0.5, 0.6) is 5.88 Å². The van der Waals surface area contributed by atoms with Gasteiger partial charge < -0.3 is 14.7 Å². The Bertz CT molecular complexity index is 1380. The summed E-state index contributed by atoms with van der Waals surface area (Å²) in [5.41, 5.74) is -0.373. The lowest BCUT2D eigenvalue weighted by Gasteiger charge is -2.39. The number of fused-ring (bicyclic) bond motifs is 1. The van der Waals surface area contributed by atoms with Gasteiger partial charge in [-0.2, -0.15) is 5.10 Å². The van der Waals surface area contributed by atoms with E-state index in [4.69, 9.17) is 4.74 Å². The Morgan fingerprint density at radius 1 is 1.26 bits per heavy atom. The Morgan fingerprint density at radius 3 is 2.71 bits per heavy atom. The zero-order valence-electron chi connectivity index (χ0n) is 18.9. The SMILES string of the molecule is COc1ccc(-c2cc3c(s2)C(=O)N([C@H](C)[C@](O)(Cn2cncn2)c2ccc(F)cc2F)C3)cn1. The van der Waals surface area contributed by atoms with Gasteiger partial charge in [-0.1, -0.05) is 6.07 Å². The summed E-state index contributed by atoms with van der Waals surface area (Å²) >= 11 is 1.33. The molecule has 0 aliphatic carbocycles. The number of benzene rings is 1. The highest BCUT2D eigenvalue weighted by atomic mass is 32.1. The van der Waals surface area contributed by atoms with Crippen molar-refractivity contribution in [3.8, 4) is 16.3 Å². The maximum atomic E-state index is 14.9. The fourth-order valence-corrected chi connectivity index (χ4v) is 5.44. The van der Waals surface area contributed by atoms with Crippen LogP contribution in [0, 0.1) is 11.6 Å². The third kappa shape index (κ3) is 4.06. The van der Waals surface area contributed by atoms with Crippen molar-refractivity contribution in [3.05, 3.63) is 82.9 Å². The Labute approximate surface area is 203 Å². The van der Waals surface area contributed by atoms with E-state index in [0.29, 0.717) is 16.8 Å². The minimum atomic E-state index is -1.90. The van der Waals surface area contributed by atoms with Gasteiger partial charge in [0.05, 0.1) is 24.6 Å². The molecule has 3 aromatic heterocycles. The summed E-state index contributed by atoms with van der Waals surface area (Å²) in [5, 5.41) is 15.8. The first kappa shape index (κ1) is 23.1. The normalized spacial score (nSPS) is 15.7. The molecule has 4 heterocycles. The van der Waals surface area contributed by atoms with E-state index in [1.807, 2.05) is 12.1 Å². The zero-order chi connectivity index (χ0) is 24.7. The number of hydrogen-bond acceptors (Lipinski definition) is 7. The number of pyridine rings is 1. The molecule has 0 saturated heterocycles. The number of carbonyl (C=O) groups is 1. The summed E-state index contributed by atoms with van der Waals surface area (Å²) in [6, 6.07) is 7.65. The first-order valence-corrected chi connectivity index (χ1v) is 11.6. The molecule has 0 unspecified atom stereocenters. The summed E-state index contributed by atoms with van der Waals surface area (Å²) in [5.74, 6) is -1.45. The number of amides is 1. The molecular formula is C24H21F2N5O3S. The van der Waals surface area contributed by atoms with Gasteiger partial charge in [-0.3, -0.25) is 4.79 Å². The van der Waals surface area contributed by atoms with Crippen LogP contribution in [0.4, 0.5) is 8.78 Å². The van der Waals surface area contributed by atoms with Gasteiger partial charge in [0.25, 0.3) is 5.91 Å². The minimum absolute atomic E-state index is 0.130. The Balaban J connectivity index is 1.46. The number of aliphatic hydroxyl groups is 1. The van der Waals surface area contributed by atoms with Crippen molar-refractivity contribution in [1.82, 2.24) is 24.6 Å². The lowest BCUT2D eigenvalue weighted by atomic mass is 9.85. The molecule has 0 fully saturated rings. The molecule has 8 nitrogen and oxygen atoms in total. The van der Waals surface area contributed by atoms with Crippen LogP contribution in [0.15, 0.2) is 55.2 Å². The summed E-state index contributed by atoms with van der Waals surface area (Å²) in [6.45, 7) is 1.69. The molecule has 1 aliphatic rings. The zero-order valence-corrected chi connectivity index (χ0v) is 19.7. The standard InChI is InChI=1S/C24H21F2N5O3S/c1-14(24(33,11-30-13-27-12-29-30)18-5-4-17(25)8-19(18)26)31-10-16-7-20(35-22(16)23(31)32)15-3-6-21(34-2)28-9-15/h3-9,12-14,33H,10-11H2,1-2H3/t14-,24-/m1/s1. The molecule has 1 amide bonds. The molecule has 1 aromatic carbocycles. The molecule has 1 N–H and O–H groups in total. The Hall–Kier alpha value is -3.70. The van der Waals surface area contributed by atoms with Crippen molar-refractivity contribution in [2.45, 2.75) is 31.7 Å². The van der Waals surface area contributed by atoms with Gasteiger partial charge in [0.15, 0.2) is 0 Å². The van der Waals surface area contributed by atoms with Crippen LogP contribution < -0.4 is 4.74 Å². The predicted molar refractivity (Wildman–Crippen MR) is 124 cm³/mol. The third-order valence-corrected chi connectivity index (χ3v) is 7.47. The molecule has 180 valence electrons. The number of ether oxygens (including phenoxy) is 1. The van der Waals surface area contributed by atoms with Crippen LogP contribution in [0.3, 0.4) is 0 Å². The number of thiophene rings is 1. The molecular weight excluding hydrogens is 476 g/mol. The summed E-state index contributed by atoms with van der Waals surface area (Å²) in [6.07, 6.45) is 4.36. The van der Waals surface area contributed by atoms with Gasteiger partial charge in [0, 0.05) is 40.9 Å². The van der Waals surface area contributed by atoms with Crippen molar-refractivity contribution in [1.29, 1.82) is 0 Å². The van der Waals surface area contributed by atoms with E-state index < -0.39 is 23.3 Å². The molecule has 35 heavy (non-hydrogen) atoms. The summed E-state index contributed by atoms with van der Waals surface area (Å²) in [7, 11) is 1.54. The average Bonchev–Trinajstić information content (AvgIpc) is 3.57.